The summed E-state index contributed by atoms with van der Waals surface area (Å²) in [7, 11) is -4.39. The summed E-state index contributed by atoms with van der Waals surface area (Å²) in [5.74, 6) is 0.236. The number of anilines is 1. The zero-order chi connectivity index (χ0) is 17.6. The van der Waals surface area contributed by atoms with Gasteiger partial charge in [-0.15, -0.1) is 0 Å². The van der Waals surface area contributed by atoms with Gasteiger partial charge in [0.15, 0.2) is 0 Å². The number of hydrogen-bond acceptors (Lipinski definition) is 5. The molecule has 0 unspecified atom stereocenters. The molecule has 1 amide bonds. The highest BCUT2D eigenvalue weighted by molar-refractivity contribution is 7.86. The number of amides is 1. The minimum atomic E-state index is -4.39. The summed E-state index contributed by atoms with van der Waals surface area (Å²) in [5.41, 5.74) is 2.12. The van der Waals surface area contributed by atoms with Crippen molar-refractivity contribution in [1.29, 1.82) is 0 Å². The van der Waals surface area contributed by atoms with Crippen LogP contribution in [0.1, 0.15) is 11.1 Å². The Morgan fingerprint density at radius 2 is 2.04 bits per heavy atom. The number of aromatic amines is 1. The lowest BCUT2D eigenvalue weighted by Gasteiger charge is -2.02. The van der Waals surface area contributed by atoms with E-state index < -0.39 is 10.1 Å². The maximum Gasteiger partial charge on any atom is 0.295 e. The molecule has 1 aliphatic heterocycles. The topological polar surface area (TPSA) is 125 Å². The molecule has 0 aromatic carbocycles. The molecule has 8 nitrogen and oxygen atoms in total. The van der Waals surface area contributed by atoms with E-state index in [9.17, 15) is 17.8 Å². The lowest BCUT2D eigenvalue weighted by Crippen LogP contribution is -2.04. The van der Waals surface area contributed by atoms with Gasteiger partial charge >= 0.3 is 0 Å². The first kappa shape index (κ1) is 15.5. The van der Waals surface area contributed by atoms with Crippen LogP contribution in [0.15, 0.2) is 47.8 Å². The van der Waals surface area contributed by atoms with E-state index >= 15 is 0 Å². The molecule has 9 heteroatoms. The van der Waals surface area contributed by atoms with Gasteiger partial charge < -0.3 is 10.3 Å². The Morgan fingerprint density at radius 3 is 2.84 bits per heavy atom. The molecule has 3 aromatic heterocycles. The van der Waals surface area contributed by atoms with Crippen molar-refractivity contribution in [2.75, 3.05) is 5.32 Å². The summed E-state index contributed by atoms with van der Waals surface area (Å²) in [6, 6.07) is 4.76. The molecule has 25 heavy (non-hydrogen) atoms. The summed E-state index contributed by atoms with van der Waals surface area (Å²) in [6.07, 6.45) is 6.49. The molecule has 0 fully saturated rings. The molecular formula is C16H12N4O4S. The molecule has 0 saturated heterocycles. The number of pyridine rings is 2. The highest BCUT2D eigenvalue weighted by atomic mass is 32.2. The van der Waals surface area contributed by atoms with E-state index in [0.717, 1.165) is 0 Å². The standard InChI is InChI=1S/C16H12N4O4S/c21-16-11(10-2-1-6-17-14(10)20-16)4-3-9-8-19-15-13(9)12(5-7-18-15)25(22,23)24/h1-2,4-8H,3H2,(H,18,19)(H,17,20,21)(H,22,23,24). The van der Waals surface area contributed by atoms with Crippen LogP contribution in [0.5, 0.6) is 0 Å². The highest BCUT2D eigenvalue weighted by Gasteiger charge is 2.25. The average Bonchev–Trinajstić information content (AvgIpc) is 3.12. The largest absolute Gasteiger partial charge is 0.346 e. The molecular weight excluding hydrogens is 344 g/mol. The number of nitrogens with one attached hydrogen (secondary N) is 2. The molecule has 0 bridgehead atoms. The van der Waals surface area contributed by atoms with E-state index in [1.54, 1.807) is 30.6 Å². The van der Waals surface area contributed by atoms with E-state index in [1.807, 2.05) is 0 Å². The Balaban J connectivity index is 1.79. The number of rotatable bonds is 3. The number of aromatic nitrogens is 3. The zero-order valence-corrected chi connectivity index (χ0v) is 13.5. The van der Waals surface area contributed by atoms with Crippen molar-refractivity contribution in [3.63, 3.8) is 0 Å². The number of carbonyl (C=O) groups excluding carboxylic acids is 1. The quantitative estimate of drug-likeness (QED) is 0.485. The third-order valence-electron chi connectivity index (χ3n) is 4.00. The van der Waals surface area contributed by atoms with Gasteiger partial charge in [0.2, 0.25) is 0 Å². The SMILES string of the molecule is O=C1Nc2ncccc2C1=CCc1c[nH]c2nccc(S(=O)(=O)O)c12. The van der Waals surface area contributed by atoms with Crippen molar-refractivity contribution in [2.24, 2.45) is 0 Å². The van der Waals surface area contributed by atoms with Gasteiger partial charge in [-0.2, -0.15) is 8.42 Å². The third kappa shape index (κ3) is 2.59. The van der Waals surface area contributed by atoms with Crippen molar-refractivity contribution < 1.29 is 17.8 Å². The van der Waals surface area contributed by atoms with E-state index in [0.29, 0.717) is 33.6 Å². The second kappa shape index (κ2) is 5.50. The van der Waals surface area contributed by atoms with E-state index in [-0.39, 0.29) is 17.2 Å². The first-order valence-corrected chi connectivity index (χ1v) is 8.78. The summed E-state index contributed by atoms with van der Waals surface area (Å²) in [5, 5.41) is 2.99. The van der Waals surface area contributed by atoms with Crippen LogP contribution in [-0.4, -0.2) is 33.8 Å². The number of nitrogens with zero attached hydrogens (tertiary/aromatic N) is 2. The van der Waals surface area contributed by atoms with Gasteiger partial charge in [-0.05, 0) is 30.2 Å². The molecule has 0 atom stereocenters. The summed E-state index contributed by atoms with van der Waals surface area (Å²) < 4.78 is 32.6. The number of fused-ring (bicyclic) bond motifs is 2. The van der Waals surface area contributed by atoms with Gasteiger partial charge in [-0.25, -0.2) is 9.97 Å². The summed E-state index contributed by atoms with van der Waals surface area (Å²) in [4.78, 5) is 22.9. The van der Waals surface area contributed by atoms with Crippen molar-refractivity contribution in [1.82, 2.24) is 15.0 Å². The van der Waals surface area contributed by atoms with E-state index in [1.165, 1.54) is 12.3 Å². The predicted octanol–water partition coefficient (Wildman–Crippen LogP) is 1.78. The lowest BCUT2D eigenvalue weighted by molar-refractivity contribution is -0.110. The van der Waals surface area contributed by atoms with Crippen molar-refractivity contribution in [3.8, 4) is 0 Å². The Hall–Kier alpha value is -3.04. The fraction of sp³-hybridized carbons (Fsp3) is 0.0625. The summed E-state index contributed by atoms with van der Waals surface area (Å²) in [6.45, 7) is 0. The fourth-order valence-corrected chi connectivity index (χ4v) is 3.62. The fourth-order valence-electron chi connectivity index (χ4n) is 2.90. The van der Waals surface area contributed by atoms with Gasteiger partial charge in [-0.1, -0.05) is 6.08 Å². The molecule has 4 heterocycles. The minimum absolute atomic E-state index is 0.218. The van der Waals surface area contributed by atoms with E-state index in [4.69, 9.17) is 0 Å². The molecule has 126 valence electrons. The first-order valence-electron chi connectivity index (χ1n) is 7.34. The van der Waals surface area contributed by atoms with Crippen LogP contribution < -0.4 is 5.32 Å². The van der Waals surface area contributed by atoms with Crippen LogP contribution in [0.25, 0.3) is 16.6 Å². The molecule has 0 aliphatic carbocycles. The molecule has 1 aliphatic rings. The Labute approximate surface area is 142 Å². The van der Waals surface area contributed by atoms with Crippen molar-refractivity contribution in [2.45, 2.75) is 11.3 Å². The Morgan fingerprint density at radius 1 is 1.20 bits per heavy atom. The van der Waals surface area contributed by atoms with Crippen molar-refractivity contribution >= 4 is 38.4 Å². The van der Waals surface area contributed by atoms with Gasteiger partial charge in [0.1, 0.15) is 16.4 Å². The lowest BCUT2D eigenvalue weighted by atomic mass is 10.1. The average molecular weight is 356 g/mol. The molecule has 0 radical (unpaired) electrons. The molecule has 3 N–H and O–H groups in total. The zero-order valence-electron chi connectivity index (χ0n) is 12.7. The van der Waals surface area contributed by atoms with Gasteiger partial charge in [0.05, 0.1) is 0 Å². The van der Waals surface area contributed by atoms with Crippen LogP contribution in [0.3, 0.4) is 0 Å². The van der Waals surface area contributed by atoms with Crippen LogP contribution in [0.2, 0.25) is 0 Å². The number of carbonyl (C=O) groups is 1. The molecule has 0 saturated carbocycles. The smallest absolute Gasteiger partial charge is 0.295 e. The molecule has 4 rings (SSSR count). The number of allylic oxidation sites excluding steroid dienone is 1. The van der Waals surface area contributed by atoms with Gasteiger partial charge in [-0.3, -0.25) is 9.35 Å². The maximum atomic E-state index is 12.1. The second-order valence-corrected chi connectivity index (χ2v) is 6.89. The molecule has 3 aromatic rings. The molecule has 0 spiro atoms. The third-order valence-corrected chi connectivity index (χ3v) is 4.89. The highest BCUT2D eigenvalue weighted by Crippen LogP contribution is 2.31. The maximum absolute atomic E-state index is 12.1. The normalized spacial score (nSPS) is 15.6. The van der Waals surface area contributed by atoms with Gasteiger partial charge in [0, 0.05) is 35.1 Å². The Kier molecular flexibility index (Phi) is 3.41. The Bertz CT molecular complexity index is 1150. The predicted molar refractivity (Wildman–Crippen MR) is 90.5 cm³/mol. The second-order valence-electron chi connectivity index (χ2n) is 5.50. The van der Waals surface area contributed by atoms with Crippen LogP contribution >= 0.6 is 0 Å². The van der Waals surface area contributed by atoms with Gasteiger partial charge in [0.25, 0.3) is 16.0 Å². The monoisotopic (exact) mass is 356 g/mol. The van der Waals surface area contributed by atoms with Crippen molar-refractivity contribution in [3.05, 3.63) is 54.0 Å². The first-order chi connectivity index (χ1) is 11.9. The minimum Gasteiger partial charge on any atom is -0.346 e. The number of hydrogen-bond donors (Lipinski definition) is 3. The number of H-pyrrole nitrogens is 1. The van der Waals surface area contributed by atoms with Crippen LogP contribution in [-0.2, 0) is 21.3 Å². The van der Waals surface area contributed by atoms with E-state index in [2.05, 4.69) is 20.3 Å². The van der Waals surface area contributed by atoms with Crippen LogP contribution in [0.4, 0.5) is 5.82 Å². The van der Waals surface area contributed by atoms with Crippen LogP contribution in [0, 0.1) is 0 Å². The summed E-state index contributed by atoms with van der Waals surface area (Å²) >= 11 is 0.